The van der Waals surface area contributed by atoms with Gasteiger partial charge in [0.2, 0.25) is 0 Å². The Bertz CT molecular complexity index is 899. The molecule has 0 unspecified atom stereocenters. The minimum absolute atomic E-state index is 0.242. The first-order valence-corrected chi connectivity index (χ1v) is 9.71. The first kappa shape index (κ1) is 18.6. The SMILES string of the molecule is Cn1cc(CCCN2CCN(c3nccnc3-c3ccc(F)cc3)CC2)cn1. The number of anilines is 1. The van der Waals surface area contributed by atoms with E-state index in [1.54, 1.807) is 24.5 Å². The summed E-state index contributed by atoms with van der Waals surface area (Å²) >= 11 is 0. The Morgan fingerprint density at radius 1 is 1.00 bits per heavy atom. The molecule has 1 saturated heterocycles. The van der Waals surface area contributed by atoms with Crippen LogP contribution < -0.4 is 4.90 Å². The standard InChI is InChI=1S/C21H25FN6/c1-26-16-17(15-25-26)3-2-10-27-11-13-28(14-12-27)21-20(23-8-9-24-21)18-4-6-19(22)7-5-18/h4-9,15-16H,2-3,10-14H2,1H3. The van der Waals surface area contributed by atoms with E-state index >= 15 is 0 Å². The zero-order chi connectivity index (χ0) is 19.3. The molecular weight excluding hydrogens is 355 g/mol. The lowest BCUT2D eigenvalue weighted by molar-refractivity contribution is 0.254. The van der Waals surface area contributed by atoms with Gasteiger partial charge in [0, 0.05) is 57.4 Å². The van der Waals surface area contributed by atoms with Gasteiger partial charge in [-0.25, -0.2) is 9.37 Å². The first-order chi connectivity index (χ1) is 13.7. The van der Waals surface area contributed by atoms with Gasteiger partial charge in [-0.15, -0.1) is 0 Å². The summed E-state index contributed by atoms with van der Waals surface area (Å²) < 4.78 is 15.1. The van der Waals surface area contributed by atoms with Gasteiger partial charge in [0.25, 0.3) is 0 Å². The third-order valence-corrected chi connectivity index (χ3v) is 5.17. The second-order valence-electron chi connectivity index (χ2n) is 7.19. The lowest BCUT2D eigenvalue weighted by Crippen LogP contribution is -2.47. The van der Waals surface area contributed by atoms with Gasteiger partial charge < -0.3 is 4.90 Å². The van der Waals surface area contributed by atoms with Crippen LogP contribution in [0.2, 0.25) is 0 Å². The molecule has 6 nitrogen and oxygen atoms in total. The van der Waals surface area contributed by atoms with E-state index in [4.69, 9.17) is 0 Å². The van der Waals surface area contributed by atoms with Crippen molar-refractivity contribution in [2.45, 2.75) is 12.8 Å². The monoisotopic (exact) mass is 380 g/mol. The quantitative estimate of drug-likeness (QED) is 0.658. The summed E-state index contributed by atoms with van der Waals surface area (Å²) in [4.78, 5) is 13.9. The molecule has 1 fully saturated rings. The third kappa shape index (κ3) is 4.36. The first-order valence-electron chi connectivity index (χ1n) is 9.71. The van der Waals surface area contributed by atoms with Gasteiger partial charge in [0.1, 0.15) is 11.5 Å². The van der Waals surface area contributed by atoms with Crippen LogP contribution in [-0.4, -0.2) is 57.4 Å². The Balaban J connectivity index is 1.34. The van der Waals surface area contributed by atoms with Crippen LogP contribution in [0.15, 0.2) is 49.1 Å². The van der Waals surface area contributed by atoms with E-state index in [0.29, 0.717) is 0 Å². The summed E-state index contributed by atoms with van der Waals surface area (Å²) in [6, 6.07) is 6.46. The van der Waals surface area contributed by atoms with Crippen molar-refractivity contribution in [2.24, 2.45) is 7.05 Å². The smallest absolute Gasteiger partial charge is 0.155 e. The van der Waals surface area contributed by atoms with Crippen LogP contribution in [0, 0.1) is 5.82 Å². The average molecular weight is 380 g/mol. The molecule has 0 radical (unpaired) electrons. The molecule has 3 aromatic rings. The number of benzene rings is 1. The number of aryl methyl sites for hydroxylation is 2. The van der Waals surface area contributed by atoms with E-state index in [-0.39, 0.29) is 5.82 Å². The van der Waals surface area contributed by atoms with Crippen molar-refractivity contribution in [1.82, 2.24) is 24.6 Å². The van der Waals surface area contributed by atoms with Crippen LogP contribution in [0.4, 0.5) is 10.2 Å². The van der Waals surface area contributed by atoms with E-state index in [0.717, 1.165) is 62.6 Å². The maximum atomic E-state index is 13.3. The van der Waals surface area contributed by atoms with Gasteiger partial charge in [0.05, 0.1) is 6.20 Å². The second kappa shape index (κ2) is 8.48. The van der Waals surface area contributed by atoms with E-state index < -0.39 is 0 Å². The van der Waals surface area contributed by atoms with E-state index in [2.05, 4.69) is 31.1 Å². The van der Waals surface area contributed by atoms with Crippen LogP contribution in [0.3, 0.4) is 0 Å². The molecule has 1 aliphatic heterocycles. The number of hydrogen-bond acceptors (Lipinski definition) is 5. The summed E-state index contributed by atoms with van der Waals surface area (Å²) in [6.45, 7) is 4.94. The maximum Gasteiger partial charge on any atom is 0.155 e. The molecule has 0 saturated carbocycles. The van der Waals surface area contributed by atoms with Gasteiger partial charge in [0.15, 0.2) is 5.82 Å². The number of nitrogens with zero attached hydrogens (tertiary/aromatic N) is 6. The molecule has 0 amide bonds. The highest BCUT2D eigenvalue weighted by molar-refractivity contribution is 5.72. The zero-order valence-electron chi connectivity index (χ0n) is 16.1. The fourth-order valence-electron chi connectivity index (χ4n) is 3.66. The molecule has 1 aliphatic rings. The van der Waals surface area contributed by atoms with E-state index in [1.165, 1.54) is 17.7 Å². The number of hydrogen-bond donors (Lipinski definition) is 0. The molecular formula is C21H25FN6. The lowest BCUT2D eigenvalue weighted by atomic mass is 10.1. The summed E-state index contributed by atoms with van der Waals surface area (Å²) in [5.74, 6) is 0.637. The summed E-state index contributed by atoms with van der Waals surface area (Å²) in [6.07, 6.45) is 9.65. The molecule has 1 aromatic carbocycles. The van der Waals surface area contributed by atoms with Crippen LogP contribution in [0.1, 0.15) is 12.0 Å². The minimum atomic E-state index is -0.242. The lowest BCUT2D eigenvalue weighted by Gasteiger charge is -2.36. The van der Waals surface area contributed by atoms with Crippen molar-refractivity contribution in [3.63, 3.8) is 0 Å². The van der Waals surface area contributed by atoms with Crippen LogP contribution in [-0.2, 0) is 13.5 Å². The van der Waals surface area contributed by atoms with Crippen molar-refractivity contribution in [3.8, 4) is 11.3 Å². The number of halogens is 1. The van der Waals surface area contributed by atoms with E-state index in [9.17, 15) is 4.39 Å². The van der Waals surface area contributed by atoms with Gasteiger partial charge >= 0.3 is 0 Å². The predicted octanol–water partition coefficient (Wildman–Crippen LogP) is 2.77. The molecule has 0 N–H and O–H groups in total. The Labute approximate surface area is 164 Å². The van der Waals surface area contributed by atoms with Gasteiger partial charge in [-0.2, -0.15) is 5.10 Å². The molecule has 0 bridgehead atoms. The van der Waals surface area contributed by atoms with Crippen LogP contribution in [0.5, 0.6) is 0 Å². The van der Waals surface area contributed by atoms with Gasteiger partial charge in [-0.3, -0.25) is 14.6 Å². The molecule has 28 heavy (non-hydrogen) atoms. The largest absolute Gasteiger partial charge is 0.352 e. The average Bonchev–Trinajstić information content (AvgIpc) is 3.14. The summed E-state index contributed by atoms with van der Waals surface area (Å²) in [5.41, 5.74) is 3.00. The summed E-state index contributed by atoms with van der Waals surface area (Å²) in [5, 5.41) is 4.23. The summed E-state index contributed by atoms with van der Waals surface area (Å²) in [7, 11) is 1.95. The predicted molar refractivity (Wildman–Crippen MR) is 108 cm³/mol. The Morgan fingerprint density at radius 2 is 1.75 bits per heavy atom. The molecule has 0 atom stereocenters. The van der Waals surface area contributed by atoms with Gasteiger partial charge in [-0.1, -0.05) is 0 Å². The Kier molecular flexibility index (Phi) is 5.62. The number of aromatic nitrogens is 4. The molecule has 146 valence electrons. The molecule has 7 heteroatoms. The number of piperazine rings is 1. The fourth-order valence-corrected chi connectivity index (χ4v) is 3.66. The van der Waals surface area contributed by atoms with Crippen LogP contribution >= 0.6 is 0 Å². The zero-order valence-corrected chi connectivity index (χ0v) is 16.1. The Hall–Kier alpha value is -2.80. The normalized spacial score (nSPS) is 15.1. The molecule has 2 aromatic heterocycles. The van der Waals surface area contributed by atoms with Gasteiger partial charge in [-0.05, 0) is 49.2 Å². The van der Waals surface area contributed by atoms with Crippen molar-refractivity contribution in [2.75, 3.05) is 37.6 Å². The van der Waals surface area contributed by atoms with E-state index in [1.807, 2.05) is 17.9 Å². The van der Waals surface area contributed by atoms with Crippen molar-refractivity contribution < 1.29 is 4.39 Å². The molecule has 3 heterocycles. The third-order valence-electron chi connectivity index (χ3n) is 5.17. The maximum absolute atomic E-state index is 13.3. The molecule has 0 aliphatic carbocycles. The Morgan fingerprint density at radius 3 is 2.46 bits per heavy atom. The molecule has 0 spiro atoms. The van der Waals surface area contributed by atoms with Crippen molar-refractivity contribution in [1.29, 1.82) is 0 Å². The fraction of sp³-hybridized carbons (Fsp3) is 0.381. The second-order valence-corrected chi connectivity index (χ2v) is 7.19. The topological polar surface area (TPSA) is 50.1 Å². The number of rotatable bonds is 6. The minimum Gasteiger partial charge on any atom is -0.352 e. The highest BCUT2D eigenvalue weighted by Crippen LogP contribution is 2.27. The highest BCUT2D eigenvalue weighted by atomic mass is 19.1. The van der Waals surface area contributed by atoms with Crippen molar-refractivity contribution in [3.05, 3.63) is 60.4 Å². The molecule has 4 rings (SSSR count). The van der Waals surface area contributed by atoms with Crippen LogP contribution in [0.25, 0.3) is 11.3 Å². The van der Waals surface area contributed by atoms with Crippen molar-refractivity contribution >= 4 is 5.82 Å². The highest BCUT2D eigenvalue weighted by Gasteiger charge is 2.21.